The Bertz CT molecular complexity index is 392. The second-order valence-corrected chi connectivity index (χ2v) is 5.39. The third kappa shape index (κ3) is 3.56. The third-order valence-corrected chi connectivity index (χ3v) is 3.64. The van der Waals surface area contributed by atoms with Crippen LogP contribution in [0.2, 0.25) is 0 Å². The minimum atomic E-state index is 0.670. The van der Waals surface area contributed by atoms with Crippen LogP contribution >= 0.6 is 0 Å². The summed E-state index contributed by atoms with van der Waals surface area (Å²) in [5.41, 5.74) is 7.70. The van der Waals surface area contributed by atoms with Crippen LogP contribution in [0.25, 0.3) is 0 Å². The van der Waals surface area contributed by atoms with Crippen LogP contribution in [-0.2, 0) is 0 Å². The quantitative estimate of drug-likeness (QED) is 0.784. The Hall–Kier alpha value is -1.38. The molecule has 3 heteroatoms. The topological polar surface area (TPSA) is 47.3 Å². The Morgan fingerprint density at radius 3 is 2.83 bits per heavy atom. The summed E-state index contributed by atoms with van der Waals surface area (Å²) >= 11 is 0. The molecule has 1 aromatic carbocycles. The molecule has 0 spiro atoms. The normalized spacial score (nSPS) is 23.0. The van der Waals surface area contributed by atoms with Crippen molar-refractivity contribution in [1.29, 1.82) is 0 Å². The van der Waals surface area contributed by atoms with E-state index < -0.39 is 0 Å². The lowest BCUT2D eigenvalue weighted by atomic mass is 10.1. The maximum atomic E-state index is 5.88. The molecule has 0 radical (unpaired) electrons. The number of nitrogens with two attached hydrogens (primary N) is 1. The fourth-order valence-corrected chi connectivity index (χ4v) is 2.75. The summed E-state index contributed by atoms with van der Waals surface area (Å²) in [6.45, 7) is 6.03. The van der Waals surface area contributed by atoms with Crippen molar-refractivity contribution in [3.63, 3.8) is 0 Å². The second kappa shape index (κ2) is 5.98. The predicted molar refractivity (Wildman–Crippen MR) is 77.0 cm³/mol. The van der Waals surface area contributed by atoms with Crippen LogP contribution in [-0.4, -0.2) is 13.2 Å². The molecule has 0 bridgehead atoms. The Labute approximate surface area is 110 Å². The molecule has 0 amide bonds. The maximum Gasteiger partial charge on any atom is 0.123 e. The van der Waals surface area contributed by atoms with E-state index in [0.29, 0.717) is 6.61 Å². The molecule has 3 N–H and O–H groups in total. The first-order valence-corrected chi connectivity index (χ1v) is 6.94. The zero-order chi connectivity index (χ0) is 13.0. The van der Waals surface area contributed by atoms with E-state index in [1.165, 1.54) is 19.3 Å². The van der Waals surface area contributed by atoms with Gasteiger partial charge in [-0.15, -0.1) is 0 Å². The zero-order valence-electron chi connectivity index (χ0n) is 11.4. The monoisotopic (exact) mass is 248 g/mol. The molecule has 0 aromatic heterocycles. The zero-order valence-corrected chi connectivity index (χ0v) is 11.4. The fraction of sp³-hybridized carbons (Fsp3) is 0.600. The van der Waals surface area contributed by atoms with Gasteiger partial charge in [0.2, 0.25) is 0 Å². The molecule has 100 valence electrons. The van der Waals surface area contributed by atoms with Gasteiger partial charge in [-0.1, -0.05) is 13.3 Å². The van der Waals surface area contributed by atoms with E-state index in [2.05, 4.69) is 12.2 Å². The van der Waals surface area contributed by atoms with Crippen molar-refractivity contribution in [2.24, 2.45) is 11.8 Å². The molecule has 1 fully saturated rings. The number of hydrogen-bond donors (Lipinski definition) is 2. The minimum Gasteiger partial charge on any atom is -0.494 e. The SMILES string of the molecule is CCOc1cc(N)cc(NCC2CCC(C)C2)c1. The van der Waals surface area contributed by atoms with Crippen LogP contribution < -0.4 is 15.8 Å². The first kappa shape index (κ1) is 13.1. The van der Waals surface area contributed by atoms with E-state index >= 15 is 0 Å². The molecule has 2 rings (SSSR count). The summed E-state index contributed by atoms with van der Waals surface area (Å²) in [6, 6.07) is 5.87. The molecule has 2 atom stereocenters. The highest BCUT2D eigenvalue weighted by molar-refractivity contribution is 5.59. The van der Waals surface area contributed by atoms with Gasteiger partial charge in [0.25, 0.3) is 0 Å². The van der Waals surface area contributed by atoms with Crippen molar-refractivity contribution in [3.8, 4) is 5.75 Å². The molecule has 1 aliphatic rings. The smallest absolute Gasteiger partial charge is 0.123 e. The molecule has 3 nitrogen and oxygen atoms in total. The number of nitrogens with one attached hydrogen (secondary N) is 1. The van der Waals surface area contributed by atoms with Gasteiger partial charge >= 0.3 is 0 Å². The summed E-state index contributed by atoms with van der Waals surface area (Å²) in [5, 5.41) is 3.49. The lowest BCUT2D eigenvalue weighted by Crippen LogP contribution is -2.11. The van der Waals surface area contributed by atoms with Crippen LogP contribution in [0.1, 0.15) is 33.1 Å². The minimum absolute atomic E-state index is 0.670. The van der Waals surface area contributed by atoms with Crippen molar-refractivity contribution in [2.75, 3.05) is 24.2 Å². The summed E-state index contributed by atoms with van der Waals surface area (Å²) in [7, 11) is 0. The number of nitrogen functional groups attached to an aromatic ring is 1. The Kier molecular flexibility index (Phi) is 4.34. The van der Waals surface area contributed by atoms with E-state index in [-0.39, 0.29) is 0 Å². The average molecular weight is 248 g/mol. The summed E-state index contributed by atoms with van der Waals surface area (Å²) in [6.07, 6.45) is 4.05. The Balaban J connectivity index is 1.92. The van der Waals surface area contributed by atoms with Gasteiger partial charge in [-0.2, -0.15) is 0 Å². The fourth-order valence-electron chi connectivity index (χ4n) is 2.75. The van der Waals surface area contributed by atoms with E-state index in [9.17, 15) is 0 Å². The van der Waals surface area contributed by atoms with Crippen LogP contribution in [0.4, 0.5) is 11.4 Å². The van der Waals surface area contributed by atoms with E-state index in [1.54, 1.807) is 0 Å². The number of rotatable bonds is 5. The first-order valence-electron chi connectivity index (χ1n) is 6.94. The second-order valence-electron chi connectivity index (χ2n) is 5.39. The Morgan fingerprint density at radius 2 is 2.17 bits per heavy atom. The highest BCUT2D eigenvalue weighted by Gasteiger charge is 2.20. The molecule has 1 aliphatic carbocycles. The number of benzene rings is 1. The highest BCUT2D eigenvalue weighted by atomic mass is 16.5. The standard InChI is InChI=1S/C15H24N2O/c1-3-18-15-8-13(16)7-14(9-15)17-10-12-5-4-11(2)6-12/h7-9,11-12,17H,3-6,10,16H2,1-2H3. The third-order valence-electron chi connectivity index (χ3n) is 3.64. The number of anilines is 2. The Morgan fingerprint density at radius 1 is 1.33 bits per heavy atom. The molecular weight excluding hydrogens is 224 g/mol. The van der Waals surface area contributed by atoms with Crippen LogP contribution in [0, 0.1) is 11.8 Å². The lowest BCUT2D eigenvalue weighted by Gasteiger charge is -2.14. The van der Waals surface area contributed by atoms with Crippen molar-refractivity contribution in [3.05, 3.63) is 18.2 Å². The van der Waals surface area contributed by atoms with E-state index in [1.807, 2.05) is 25.1 Å². The summed E-state index contributed by atoms with van der Waals surface area (Å²) < 4.78 is 5.50. The molecule has 0 aliphatic heterocycles. The van der Waals surface area contributed by atoms with Gasteiger partial charge in [-0.25, -0.2) is 0 Å². The highest BCUT2D eigenvalue weighted by Crippen LogP contribution is 2.31. The van der Waals surface area contributed by atoms with Crippen LogP contribution in [0.3, 0.4) is 0 Å². The van der Waals surface area contributed by atoms with Gasteiger partial charge in [0.05, 0.1) is 6.61 Å². The van der Waals surface area contributed by atoms with Crippen molar-refractivity contribution >= 4 is 11.4 Å². The molecule has 2 unspecified atom stereocenters. The van der Waals surface area contributed by atoms with E-state index in [4.69, 9.17) is 10.5 Å². The van der Waals surface area contributed by atoms with Gasteiger partial charge < -0.3 is 15.8 Å². The number of ether oxygens (including phenoxy) is 1. The molecule has 0 heterocycles. The molecule has 0 saturated heterocycles. The van der Waals surface area contributed by atoms with Crippen molar-refractivity contribution in [2.45, 2.75) is 33.1 Å². The van der Waals surface area contributed by atoms with Crippen LogP contribution in [0.5, 0.6) is 5.75 Å². The summed E-state index contributed by atoms with van der Waals surface area (Å²) in [4.78, 5) is 0. The van der Waals surface area contributed by atoms with Gasteiger partial charge in [0.1, 0.15) is 5.75 Å². The van der Waals surface area contributed by atoms with Gasteiger partial charge in [0.15, 0.2) is 0 Å². The predicted octanol–water partition coefficient (Wildman–Crippen LogP) is 3.52. The average Bonchev–Trinajstić information content (AvgIpc) is 2.72. The molecule has 18 heavy (non-hydrogen) atoms. The number of hydrogen-bond acceptors (Lipinski definition) is 3. The van der Waals surface area contributed by atoms with Crippen molar-refractivity contribution < 1.29 is 4.74 Å². The van der Waals surface area contributed by atoms with E-state index in [0.717, 1.165) is 35.5 Å². The molecule has 1 aromatic rings. The van der Waals surface area contributed by atoms with Gasteiger partial charge in [-0.3, -0.25) is 0 Å². The summed E-state index contributed by atoms with van der Waals surface area (Å²) in [5.74, 6) is 2.54. The molecule has 1 saturated carbocycles. The van der Waals surface area contributed by atoms with Gasteiger partial charge in [-0.05, 0) is 37.7 Å². The first-order chi connectivity index (χ1) is 8.67. The maximum absolute atomic E-state index is 5.88. The molecular formula is C15H24N2O. The van der Waals surface area contributed by atoms with Gasteiger partial charge in [0, 0.05) is 30.1 Å². The largest absolute Gasteiger partial charge is 0.494 e. The van der Waals surface area contributed by atoms with Crippen molar-refractivity contribution in [1.82, 2.24) is 0 Å². The van der Waals surface area contributed by atoms with Crippen LogP contribution in [0.15, 0.2) is 18.2 Å². The lowest BCUT2D eigenvalue weighted by molar-refractivity contribution is 0.340.